The standard InChI is InChI=1S/C17H21NO2/c1-17(2,3)18-14(11-15(19)12-16(18)20)10-9-13-7-5-4-6-8-13/h4-10,14H,11-12H2,1-3H3/b10-9+/t14-/m0/s1. The van der Waals surface area contributed by atoms with Crippen molar-refractivity contribution in [3.63, 3.8) is 0 Å². The van der Waals surface area contributed by atoms with Crippen LogP contribution < -0.4 is 0 Å². The quantitative estimate of drug-likeness (QED) is 0.775. The van der Waals surface area contributed by atoms with Crippen molar-refractivity contribution in [2.45, 2.75) is 45.2 Å². The number of piperidine rings is 1. The first kappa shape index (κ1) is 14.5. The zero-order valence-corrected chi connectivity index (χ0v) is 12.3. The fourth-order valence-electron chi connectivity index (χ4n) is 2.65. The molecule has 1 aromatic carbocycles. The summed E-state index contributed by atoms with van der Waals surface area (Å²) in [6, 6.07) is 9.77. The molecule has 20 heavy (non-hydrogen) atoms. The van der Waals surface area contributed by atoms with Gasteiger partial charge in [0.25, 0.3) is 0 Å². The minimum Gasteiger partial charge on any atom is -0.331 e. The summed E-state index contributed by atoms with van der Waals surface area (Å²) in [5.41, 5.74) is 0.801. The second-order valence-corrected chi connectivity index (χ2v) is 6.19. The monoisotopic (exact) mass is 271 g/mol. The molecule has 0 aromatic heterocycles. The van der Waals surface area contributed by atoms with Crippen LogP contribution in [0, 0.1) is 0 Å². The van der Waals surface area contributed by atoms with E-state index in [2.05, 4.69) is 0 Å². The Kier molecular flexibility index (Phi) is 4.07. The van der Waals surface area contributed by atoms with Crippen molar-refractivity contribution in [1.29, 1.82) is 0 Å². The summed E-state index contributed by atoms with van der Waals surface area (Å²) < 4.78 is 0. The number of ketones is 1. The van der Waals surface area contributed by atoms with Crippen LogP contribution in [0.4, 0.5) is 0 Å². The van der Waals surface area contributed by atoms with E-state index in [1.165, 1.54) is 0 Å². The minimum absolute atomic E-state index is 0.0261. The predicted molar refractivity (Wildman–Crippen MR) is 80.1 cm³/mol. The molecule has 1 aliphatic heterocycles. The number of carbonyl (C=O) groups excluding carboxylic acids is 2. The van der Waals surface area contributed by atoms with Crippen LogP contribution >= 0.6 is 0 Å². The van der Waals surface area contributed by atoms with Gasteiger partial charge < -0.3 is 4.90 Å². The zero-order chi connectivity index (χ0) is 14.8. The van der Waals surface area contributed by atoms with E-state index in [1.54, 1.807) is 0 Å². The summed E-state index contributed by atoms with van der Waals surface area (Å²) in [6.45, 7) is 6.01. The van der Waals surface area contributed by atoms with Gasteiger partial charge in [0.1, 0.15) is 5.78 Å². The highest BCUT2D eigenvalue weighted by Crippen LogP contribution is 2.26. The highest BCUT2D eigenvalue weighted by Gasteiger charge is 2.37. The molecular weight excluding hydrogens is 250 g/mol. The van der Waals surface area contributed by atoms with E-state index >= 15 is 0 Å². The van der Waals surface area contributed by atoms with Crippen LogP contribution in [0.15, 0.2) is 36.4 Å². The van der Waals surface area contributed by atoms with Crippen molar-refractivity contribution in [3.05, 3.63) is 42.0 Å². The summed E-state index contributed by atoms with van der Waals surface area (Å²) in [5.74, 6) is -0.0466. The van der Waals surface area contributed by atoms with Crippen molar-refractivity contribution in [2.75, 3.05) is 0 Å². The lowest BCUT2D eigenvalue weighted by Gasteiger charge is -2.43. The van der Waals surface area contributed by atoms with Gasteiger partial charge in [0.05, 0.1) is 12.5 Å². The van der Waals surface area contributed by atoms with E-state index in [9.17, 15) is 9.59 Å². The van der Waals surface area contributed by atoms with Gasteiger partial charge in [-0.25, -0.2) is 0 Å². The first-order chi connectivity index (χ1) is 9.38. The molecule has 0 bridgehead atoms. The molecule has 1 amide bonds. The molecule has 0 radical (unpaired) electrons. The maximum Gasteiger partial charge on any atom is 0.230 e. The van der Waals surface area contributed by atoms with Crippen LogP contribution in [0.5, 0.6) is 0 Å². The van der Waals surface area contributed by atoms with Crippen molar-refractivity contribution in [2.24, 2.45) is 0 Å². The van der Waals surface area contributed by atoms with Gasteiger partial charge in [-0.1, -0.05) is 42.5 Å². The number of nitrogens with zero attached hydrogens (tertiary/aromatic N) is 1. The summed E-state index contributed by atoms with van der Waals surface area (Å²) in [5, 5.41) is 0. The van der Waals surface area contributed by atoms with Crippen molar-refractivity contribution >= 4 is 17.8 Å². The fraction of sp³-hybridized carbons (Fsp3) is 0.412. The maximum absolute atomic E-state index is 12.1. The third kappa shape index (κ3) is 3.35. The van der Waals surface area contributed by atoms with E-state index in [0.29, 0.717) is 6.42 Å². The molecule has 106 valence electrons. The van der Waals surface area contributed by atoms with Gasteiger partial charge in [0.2, 0.25) is 5.91 Å². The van der Waals surface area contributed by atoms with Crippen molar-refractivity contribution in [3.8, 4) is 0 Å². The highest BCUT2D eigenvalue weighted by atomic mass is 16.2. The lowest BCUT2D eigenvalue weighted by Crippen LogP contribution is -2.55. The molecule has 1 fully saturated rings. The number of amides is 1. The van der Waals surface area contributed by atoms with E-state index in [4.69, 9.17) is 0 Å². The van der Waals surface area contributed by atoms with Gasteiger partial charge in [-0.2, -0.15) is 0 Å². The first-order valence-electron chi connectivity index (χ1n) is 6.95. The first-order valence-corrected chi connectivity index (χ1v) is 6.95. The number of likely N-dealkylation sites (tertiary alicyclic amines) is 1. The lowest BCUT2D eigenvalue weighted by molar-refractivity contribution is -0.146. The molecule has 3 nitrogen and oxygen atoms in total. The summed E-state index contributed by atoms with van der Waals surface area (Å²) in [6.07, 6.45) is 4.39. The number of hydrogen-bond donors (Lipinski definition) is 0. The molecule has 0 N–H and O–H groups in total. The lowest BCUT2D eigenvalue weighted by atomic mass is 9.92. The van der Waals surface area contributed by atoms with Gasteiger partial charge in [-0.05, 0) is 26.3 Å². The topological polar surface area (TPSA) is 37.4 Å². The van der Waals surface area contributed by atoms with E-state index in [-0.39, 0.29) is 29.7 Å². The van der Waals surface area contributed by atoms with Crippen LogP contribution in [0.2, 0.25) is 0 Å². The summed E-state index contributed by atoms with van der Waals surface area (Å²) >= 11 is 0. The number of benzene rings is 1. The Bertz CT molecular complexity index is 526. The van der Waals surface area contributed by atoms with Crippen LogP contribution in [0.25, 0.3) is 6.08 Å². The Morgan fingerprint density at radius 2 is 1.80 bits per heavy atom. The molecule has 0 saturated carbocycles. The Morgan fingerprint density at radius 3 is 2.40 bits per heavy atom. The largest absolute Gasteiger partial charge is 0.331 e. The molecule has 1 saturated heterocycles. The Balaban J connectivity index is 2.24. The molecule has 1 aromatic rings. The van der Waals surface area contributed by atoms with Crippen molar-refractivity contribution in [1.82, 2.24) is 4.90 Å². The Morgan fingerprint density at radius 1 is 1.15 bits per heavy atom. The molecule has 1 atom stereocenters. The van der Waals surface area contributed by atoms with Crippen molar-refractivity contribution < 1.29 is 9.59 Å². The van der Waals surface area contributed by atoms with E-state index < -0.39 is 0 Å². The zero-order valence-electron chi connectivity index (χ0n) is 12.3. The van der Waals surface area contributed by atoms with Crippen LogP contribution in [0.1, 0.15) is 39.2 Å². The third-order valence-electron chi connectivity index (χ3n) is 3.42. The number of carbonyl (C=O) groups is 2. The molecule has 3 heteroatoms. The number of rotatable bonds is 2. The number of hydrogen-bond acceptors (Lipinski definition) is 2. The van der Waals surface area contributed by atoms with Crippen LogP contribution in [-0.4, -0.2) is 28.2 Å². The molecule has 1 heterocycles. The summed E-state index contributed by atoms with van der Waals surface area (Å²) in [4.78, 5) is 25.7. The van der Waals surface area contributed by atoms with Gasteiger partial charge in [0, 0.05) is 12.0 Å². The van der Waals surface area contributed by atoms with Gasteiger partial charge >= 0.3 is 0 Å². The third-order valence-corrected chi connectivity index (χ3v) is 3.42. The Hall–Kier alpha value is -1.90. The second kappa shape index (κ2) is 5.61. The SMILES string of the molecule is CC(C)(C)N1C(=O)CC(=O)C[C@@H]1/C=C/c1ccccc1. The molecular formula is C17H21NO2. The normalized spacial score (nSPS) is 20.8. The second-order valence-electron chi connectivity index (χ2n) is 6.19. The van der Waals surface area contributed by atoms with Crippen LogP contribution in [-0.2, 0) is 9.59 Å². The molecule has 0 spiro atoms. The minimum atomic E-state index is -0.274. The van der Waals surface area contributed by atoms with Crippen LogP contribution in [0.3, 0.4) is 0 Å². The van der Waals surface area contributed by atoms with Gasteiger partial charge in [-0.15, -0.1) is 0 Å². The average Bonchev–Trinajstić information content (AvgIpc) is 2.35. The maximum atomic E-state index is 12.1. The Labute approximate surface area is 120 Å². The predicted octanol–water partition coefficient (Wildman–Crippen LogP) is 3.06. The highest BCUT2D eigenvalue weighted by molar-refractivity contribution is 6.01. The molecule has 2 rings (SSSR count). The molecule has 0 aliphatic carbocycles. The van der Waals surface area contributed by atoms with E-state index in [1.807, 2.05) is 68.2 Å². The van der Waals surface area contributed by atoms with E-state index in [0.717, 1.165) is 5.56 Å². The fourth-order valence-corrected chi connectivity index (χ4v) is 2.65. The van der Waals surface area contributed by atoms with Gasteiger partial charge in [-0.3, -0.25) is 9.59 Å². The number of Topliss-reactive ketones (excluding diaryl/α,β-unsaturated/α-hetero) is 1. The molecule has 0 unspecified atom stereocenters. The summed E-state index contributed by atoms with van der Waals surface area (Å²) in [7, 11) is 0. The smallest absolute Gasteiger partial charge is 0.230 e. The van der Waals surface area contributed by atoms with Gasteiger partial charge in [0.15, 0.2) is 0 Å². The molecule has 1 aliphatic rings. The average molecular weight is 271 g/mol.